The van der Waals surface area contributed by atoms with Crippen molar-refractivity contribution in [1.82, 2.24) is 10.2 Å². The minimum Gasteiger partial charge on any atom is -0.481 e. The molecule has 1 rings (SSSR count). The fourth-order valence-electron chi connectivity index (χ4n) is 2.25. The van der Waals surface area contributed by atoms with Gasteiger partial charge in [-0.2, -0.15) is 0 Å². The second-order valence-electron chi connectivity index (χ2n) is 5.68. The van der Waals surface area contributed by atoms with E-state index in [1.54, 1.807) is 18.9 Å². The minimum atomic E-state index is -1.09. The molecule has 3 atom stereocenters. The van der Waals surface area contributed by atoms with Crippen molar-refractivity contribution in [3.8, 4) is 0 Å². The summed E-state index contributed by atoms with van der Waals surface area (Å²) < 4.78 is 10.3. The molecule has 1 aliphatic rings. The molecule has 1 saturated heterocycles. The molecule has 21 heavy (non-hydrogen) atoms. The predicted octanol–water partition coefficient (Wildman–Crippen LogP) is 0.933. The van der Waals surface area contributed by atoms with Gasteiger partial charge in [-0.05, 0) is 20.3 Å². The summed E-state index contributed by atoms with van der Waals surface area (Å²) in [7, 11) is 1.58. The van der Waals surface area contributed by atoms with Crippen molar-refractivity contribution in [2.75, 3.05) is 33.5 Å². The quantitative estimate of drug-likeness (QED) is 0.730. The molecule has 0 aromatic rings. The number of hydrogen-bond donors (Lipinski definition) is 2. The monoisotopic (exact) mass is 302 g/mol. The Balaban J connectivity index is 2.74. The molecule has 0 aliphatic carbocycles. The molecular formula is C14H26N2O5. The molecule has 0 spiro atoms. The predicted molar refractivity (Wildman–Crippen MR) is 77.2 cm³/mol. The van der Waals surface area contributed by atoms with E-state index >= 15 is 0 Å². The van der Waals surface area contributed by atoms with Crippen molar-refractivity contribution in [3.63, 3.8) is 0 Å². The summed E-state index contributed by atoms with van der Waals surface area (Å²) in [6, 6.07) is -0.750. The number of hydrogen-bond acceptors (Lipinski definition) is 4. The Morgan fingerprint density at radius 1 is 1.57 bits per heavy atom. The van der Waals surface area contributed by atoms with E-state index in [-0.39, 0.29) is 25.3 Å². The first-order valence-corrected chi connectivity index (χ1v) is 7.24. The van der Waals surface area contributed by atoms with Gasteiger partial charge in [-0.1, -0.05) is 6.92 Å². The van der Waals surface area contributed by atoms with Gasteiger partial charge >= 0.3 is 12.0 Å². The van der Waals surface area contributed by atoms with E-state index in [4.69, 9.17) is 9.47 Å². The zero-order valence-corrected chi connectivity index (χ0v) is 13.2. The van der Waals surface area contributed by atoms with Crippen LogP contribution in [-0.2, 0) is 14.3 Å². The lowest BCUT2D eigenvalue weighted by Crippen LogP contribution is -2.55. The Morgan fingerprint density at radius 3 is 2.76 bits per heavy atom. The van der Waals surface area contributed by atoms with E-state index in [1.807, 2.05) is 13.8 Å². The van der Waals surface area contributed by atoms with Crippen LogP contribution in [0.5, 0.6) is 0 Å². The van der Waals surface area contributed by atoms with Crippen LogP contribution in [-0.4, -0.2) is 67.6 Å². The summed E-state index contributed by atoms with van der Waals surface area (Å²) in [5.41, 5.74) is -1.09. The van der Waals surface area contributed by atoms with Crippen molar-refractivity contribution < 1.29 is 24.2 Å². The minimum absolute atomic E-state index is 0.0542. The van der Waals surface area contributed by atoms with Crippen molar-refractivity contribution >= 4 is 12.0 Å². The standard InChI is InChI=1S/C14H26N2O5/c1-5-10(2)16(6-7-20-4)13(19)15-11-8-21-9-14(11,3)12(17)18/h10-11H,5-9H2,1-4H3,(H,15,19)(H,17,18). The maximum absolute atomic E-state index is 12.4. The number of rotatable bonds is 7. The molecule has 1 fully saturated rings. The Labute approximate surface area is 125 Å². The van der Waals surface area contributed by atoms with E-state index in [0.717, 1.165) is 6.42 Å². The highest BCUT2D eigenvalue weighted by Gasteiger charge is 2.47. The van der Waals surface area contributed by atoms with Crippen LogP contribution in [0.15, 0.2) is 0 Å². The van der Waals surface area contributed by atoms with Gasteiger partial charge in [0.25, 0.3) is 0 Å². The largest absolute Gasteiger partial charge is 0.481 e. The first-order chi connectivity index (χ1) is 9.86. The number of carboxylic acids is 1. The highest BCUT2D eigenvalue weighted by molar-refractivity contribution is 5.79. The topological polar surface area (TPSA) is 88.1 Å². The van der Waals surface area contributed by atoms with Gasteiger partial charge in [-0.25, -0.2) is 4.79 Å². The van der Waals surface area contributed by atoms with Gasteiger partial charge in [0.1, 0.15) is 5.41 Å². The molecule has 0 radical (unpaired) electrons. The summed E-state index contributed by atoms with van der Waals surface area (Å²) >= 11 is 0. The third-order valence-electron chi connectivity index (χ3n) is 4.16. The zero-order chi connectivity index (χ0) is 16.0. The number of carbonyl (C=O) groups excluding carboxylic acids is 1. The highest BCUT2D eigenvalue weighted by Crippen LogP contribution is 2.28. The molecule has 1 aliphatic heterocycles. The van der Waals surface area contributed by atoms with Crippen molar-refractivity contribution in [1.29, 1.82) is 0 Å². The van der Waals surface area contributed by atoms with E-state index in [2.05, 4.69) is 5.32 Å². The van der Waals surface area contributed by atoms with Crippen LogP contribution in [0.25, 0.3) is 0 Å². The molecule has 122 valence electrons. The molecular weight excluding hydrogens is 276 g/mol. The van der Waals surface area contributed by atoms with Crippen LogP contribution >= 0.6 is 0 Å². The molecule has 2 amide bonds. The first-order valence-electron chi connectivity index (χ1n) is 7.24. The van der Waals surface area contributed by atoms with Crippen LogP contribution in [0, 0.1) is 5.41 Å². The van der Waals surface area contributed by atoms with Gasteiger partial charge in [0.05, 0.1) is 25.9 Å². The SMILES string of the molecule is CCC(C)N(CCOC)C(=O)NC1COCC1(C)C(=O)O. The van der Waals surface area contributed by atoms with Gasteiger partial charge in [0, 0.05) is 19.7 Å². The van der Waals surface area contributed by atoms with Gasteiger partial charge in [0.2, 0.25) is 0 Å². The smallest absolute Gasteiger partial charge is 0.318 e. The Hall–Kier alpha value is -1.34. The summed E-state index contributed by atoms with van der Waals surface area (Å²) in [4.78, 5) is 25.5. The average molecular weight is 302 g/mol. The summed E-state index contributed by atoms with van der Waals surface area (Å²) in [5, 5.41) is 12.1. The number of carboxylic acid groups (broad SMARTS) is 1. The van der Waals surface area contributed by atoms with Crippen LogP contribution < -0.4 is 5.32 Å². The molecule has 3 unspecified atom stereocenters. The van der Waals surface area contributed by atoms with Crippen LogP contribution in [0.3, 0.4) is 0 Å². The molecule has 7 heteroatoms. The lowest BCUT2D eigenvalue weighted by atomic mass is 9.85. The van der Waals surface area contributed by atoms with E-state index in [1.165, 1.54) is 0 Å². The fourth-order valence-corrected chi connectivity index (χ4v) is 2.25. The molecule has 1 heterocycles. The van der Waals surface area contributed by atoms with E-state index < -0.39 is 17.4 Å². The Bertz CT molecular complexity index is 376. The number of urea groups is 1. The lowest BCUT2D eigenvalue weighted by Gasteiger charge is -2.32. The van der Waals surface area contributed by atoms with Crippen molar-refractivity contribution in [2.45, 2.75) is 39.3 Å². The van der Waals surface area contributed by atoms with Crippen molar-refractivity contribution in [2.24, 2.45) is 5.41 Å². The molecule has 2 N–H and O–H groups in total. The molecule has 0 bridgehead atoms. The molecule has 7 nitrogen and oxygen atoms in total. The summed E-state index contributed by atoms with van der Waals surface area (Å²) in [5.74, 6) is -0.961. The van der Waals surface area contributed by atoms with Crippen LogP contribution in [0.2, 0.25) is 0 Å². The Morgan fingerprint density at radius 2 is 2.24 bits per heavy atom. The number of amides is 2. The molecule has 0 aromatic carbocycles. The second-order valence-corrected chi connectivity index (χ2v) is 5.68. The molecule has 0 aromatic heterocycles. The zero-order valence-electron chi connectivity index (χ0n) is 13.2. The van der Waals surface area contributed by atoms with Crippen LogP contribution in [0.4, 0.5) is 4.79 Å². The number of carbonyl (C=O) groups is 2. The number of nitrogens with zero attached hydrogens (tertiary/aromatic N) is 1. The number of nitrogens with one attached hydrogen (secondary N) is 1. The Kier molecular flexibility index (Phi) is 6.42. The third-order valence-corrected chi connectivity index (χ3v) is 4.16. The van der Waals surface area contributed by atoms with Gasteiger partial charge < -0.3 is 24.8 Å². The number of aliphatic carboxylic acids is 1. The van der Waals surface area contributed by atoms with Gasteiger partial charge in [-0.3, -0.25) is 4.79 Å². The third kappa shape index (κ3) is 4.07. The summed E-state index contributed by atoms with van der Waals surface area (Å²) in [6.07, 6.45) is 0.814. The number of ether oxygens (including phenoxy) is 2. The van der Waals surface area contributed by atoms with Crippen LogP contribution in [0.1, 0.15) is 27.2 Å². The first kappa shape index (κ1) is 17.7. The van der Waals surface area contributed by atoms with Gasteiger partial charge in [-0.15, -0.1) is 0 Å². The normalized spacial score (nSPS) is 26.4. The maximum Gasteiger partial charge on any atom is 0.318 e. The highest BCUT2D eigenvalue weighted by atomic mass is 16.5. The van der Waals surface area contributed by atoms with E-state index in [9.17, 15) is 14.7 Å². The second kappa shape index (κ2) is 7.61. The lowest BCUT2D eigenvalue weighted by molar-refractivity contribution is -0.148. The van der Waals surface area contributed by atoms with E-state index in [0.29, 0.717) is 13.2 Å². The van der Waals surface area contributed by atoms with Crippen molar-refractivity contribution in [3.05, 3.63) is 0 Å². The fraction of sp³-hybridized carbons (Fsp3) is 0.857. The molecule has 0 saturated carbocycles. The summed E-state index contributed by atoms with van der Waals surface area (Å²) in [6.45, 7) is 6.77. The number of methoxy groups -OCH3 is 1. The average Bonchev–Trinajstić information content (AvgIpc) is 2.81. The van der Waals surface area contributed by atoms with Gasteiger partial charge in [0.15, 0.2) is 0 Å². The maximum atomic E-state index is 12.4.